The summed E-state index contributed by atoms with van der Waals surface area (Å²) in [5.41, 5.74) is 1.83. The Kier molecular flexibility index (Phi) is 4.22. The van der Waals surface area contributed by atoms with E-state index >= 15 is 0 Å². The number of aliphatic hydroxyl groups is 1. The van der Waals surface area contributed by atoms with Crippen LogP contribution in [0.3, 0.4) is 0 Å². The maximum Gasteiger partial charge on any atom is 0.112 e. The summed E-state index contributed by atoms with van der Waals surface area (Å²) in [6, 6.07) is 28.6. The van der Waals surface area contributed by atoms with Gasteiger partial charge in [0.05, 0.1) is 0 Å². The summed E-state index contributed by atoms with van der Waals surface area (Å²) >= 11 is 0. The van der Waals surface area contributed by atoms with E-state index in [4.69, 9.17) is 4.74 Å². The van der Waals surface area contributed by atoms with E-state index in [1.807, 2.05) is 48.5 Å². The van der Waals surface area contributed by atoms with Crippen molar-refractivity contribution < 1.29 is 9.84 Å². The molecule has 4 aromatic carbocycles. The highest BCUT2D eigenvalue weighted by Crippen LogP contribution is 2.34. The molecule has 0 radical (unpaired) electrons. The molecule has 2 atom stereocenters. The second-order valence-electron chi connectivity index (χ2n) is 6.31. The molecule has 0 fully saturated rings. The number of hydrogen-bond donors (Lipinski definition) is 1. The molecule has 1 N–H and O–H groups in total. The second-order valence-corrected chi connectivity index (χ2v) is 6.31. The molecular formula is C23H20O2. The average molecular weight is 328 g/mol. The second kappa shape index (κ2) is 6.67. The number of fused-ring (bicyclic) bond motifs is 2. The molecule has 0 heterocycles. The van der Waals surface area contributed by atoms with Crippen LogP contribution in [-0.4, -0.2) is 12.2 Å². The average Bonchev–Trinajstić information content (AvgIpc) is 2.68. The standard InChI is InChI=1S/C23H20O2/c1-25-23(21-13-11-17-7-3-5-9-19(17)15-21)22(24)20-12-10-16-6-2-4-8-18(16)14-20/h2-15,22-24H,1H3/t22-,23-/m1/s1. The first-order chi connectivity index (χ1) is 12.3. The van der Waals surface area contributed by atoms with Crippen LogP contribution in [0.1, 0.15) is 23.3 Å². The first kappa shape index (κ1) is 15.8. The summed E-state index contributed by atoms with van der Waals surface area (Å²) in [5, 5.41) is 15.6. The normalized spacial score (nSPS) is 13.8. The Morgan fingerprint density at radius 2 is 1.12 bits per heavy atom. The third-order valence-corrected chi connectivity index (χ3v) is 4.76. The van der Waals surface area contributed by atoms with E-state index in [-0.39, 0.29) is 0 Å². The molecule has 4 rings (SSSR count). The van der Waals surface area contributed by atoms with Gasteiger partial charge in [-0.3, -0.25) is 0 Å². The van der Waals surface area contributed by atoms with Gasteiger partial charge in [-0.15, -0.1) is 0 Å². The van der Waals surface area contributed by atoms with Gasteiger partial charge >= 0.3 is 0 Å². The van der Waals surface area contributed by atoms with Crippen LogP contribution >= 0.6 is 0 Å². The smallest absolute Gasteiger partial charge is 0.112 e. The molecule has 2 heteroatoms. The molecule has 0 aliphatic carbocycles. The van der Waals surface area contributed by atoms with Crippen LogP contribution in [0.5, 0.6) is 0 Å². The van der Waals surface area contributed by atoms with E-state index in [0.717, 1.165) is 27.3 Å². The fraction of sp³-hybridized carbons (Fsp3) is 0.130. The zero-order chi connectivity index (χ0) is 17.2. The highest BCUT2D eigenvalue weighted by atomic mass is 16.5. The molecule has 25 heavy (non-hydrogen) atoms. The fourth-order valence-corrected chi connectivity index (χ4v) is 3.40. The van der Waals surface area contributed by atoms with E-state index in [2.05, 4.69) is 36.4 Å². The van der Waals surface area contributed by atoms with Crippen molar-refractivity contribution in [3.05, 3.63) is 96.1 Å². The minimum absolute atomic E-state index is 0.411. The lowest BCUT2D eigenvalue weighted by molar-refractivity contribution is -0.0147. The largest absolute Gasteiger partial charge is 0.385 e. The van der Waals surface area contributed by atoms with Gasteiger partial charge in [0.2, 0.25) is 0 Å². The Hall–Kier alpha value is -2.68. The Morgan fingerprint density at radius 1 is 0.640 bits per heavy atom. The maximum atomic E-state index is 10.9. The topological polar surface area (TPSA) is 29.5 Å². The maximum absolute atomic E-state index is 10.9. The third-order valence-electron chi connectivity index (χ3n) is 4.76. The van der Waals surface area contributed by atoms with Crippen molar-refractivity contribution in [1.29, 1.82) is 0 Å². The predicted molar refractivity (Wildman–Crippen MR) is 103 cm³/mol. The minimum atomic E-state index is -0.726. The number of hydrogen-bond acceptors (Lipinski definition) is 2. The van der Waals surface area contributed by atoms with Gasteiger partial charge in [0.1, 0.15) is 12.2 Å². The highest BCUT2D eigenvalue weighted by molar-refractivity contribution is 5.84. The van der Waals surface area contributed by atoms with Crippen LogP contribution in [0.15, 0.2) is 84.9 Å². The van der Waals surface area contributed by atoms with Crippen LogP contribution in [0.4, 0.5) is 0 Å². The van der Waals surface area contributed by atoms with E-state index in [1.165, 1.54) is 5.39 Å². The highest BCUT2D eigenvalue weighted by Gasteiger charge is 2.23. The molecule has 0 aliphatic rings. The molecule has 0 saturated carbocycles. The molecule has 124 valence electrons. The van der Waals surface area contributed by atoms with Crippen molar-refractivity contribution in [3.8, 4) is 0 Å². The summed E-state index contributed by atoms with van der Waals surface area (Å²) in [6.45, 7) is 0. The van der Waals surface area contributed by atoms with Gasteiger partial charge in [0, 0.05) is 7.11 Å². The van der Waals surface area contributed by atoms with Gasteiger partial charge in [-0.1, -0.05) is 72.8 Å². The monoisotopic (exact) mass is 328 g/mol. The van der Waals surface area contributed by atoms with Crippen molar-refractivity contribution in [3.63, 3.8) is 0 Å². The number of aliphatic hydroxyl groups excluding tert-OH is 1. The van der Waals surface area contributed by atoms with Crippen LogP contribution in [0.25, 0.3) is 21.5 Å². The third kappa shape index (κ3) is 3.02. The van der Waals surface area contributed by atoms with Gasteiger partial charge in [0.25, 0.3) is 0 Å². The Bertz CT molecular complexity index is 1020. The number of methoxy groups -OCH3 is 1. The lowest BCUT2D eigenvalue weighted by atomic mass is 9.94. The van der Waals surface area contributed by atoms with Crippen molar-refractivity contribution in [2.75, 3.05) is 7.11 Å². The van der Waals surface area contributed by atoms with Crippen LogP contribution in [0, 0.1) is 0 Å². The molecule has 0 saturated heterocycles. The van der Waals surface area contributed by atoms with Crippen molar-refractivity contribution >= 4 is 21.5 Å². The SMILES string of the molecule is CO[C@H](c1ccc2ccccc2c1)[C@H](O)c1ccc2ccccc2c1. The predicted octanol–water partition coefficient (Wildman–Crippen LogP) is 5.41. The van der Waals surface area contributed by atoms with Crippen molar-refractivity contribution in [1.82, 2.24) is 0 Å². The van der Waals surface area contributed by atoms with Crippen LogP contribution < -0.4 is 0 Å². The molecule has 0 unspecified atom stereocenters. The van der Waals surface area contributed by atoms with Gasteiger partial charge < -0.3 is 9.84 Å². The quantitative estimate of drug-likeness (QED) is 0.542. The molecule has 0 amide bonds. The van der Waals surface area contributed by atoms with Gasteiger partial charge in [-0.25, -0.2) is 0 Å². The lowest BCUT2D eigenvalue weighted by Gasteiger charge is -2.23. The van der Waals surface area contributed by atoms with E-state index < -0.39 is 12.2 Å². The fourth-order valence-electron chi connectivity index (χ4n) is 3.40. The van der Waals surface area contributed by atoms with E-state index in [9.17, 15) is 5.11 Å². The molecule has 0 bridgehead atoms. The van der Waals surface area contributed by atoms with E-state index in [0.29, 0.717) is 0 Å². The van der Waals surface area contributed by atoms with Crippen LogP contribution in [0.2, 0.25) is 0 Å². The Labute approximate surface area is 147 Å². The zero-order valence-corrected chi connectivity index (χ0v) is 14.1. The van der Waals surface area contributed by atoms with Crippen molar-refractivity contribution in [2.24, 2.45) is 0 Å². The molecular weight excluding hydrogens is 308 g/mol. The molecule has 0 spiro atoms. The van der Waals surface area contributed by atoms with Crippen LogP contribution in [-0.2, 0) is 4.74 Å². The van der Waals surface area contributed by atoms with E-state index in [1.54, 1.807) is 7.11 Å². The molecule has 0 aliphatic heterocycles. The first-order valence-corrected chi connectivity index (χ1v) is 8.44. The summed E-state index contributed by atoms with van der Waals surface area (Å²) < 4.78 is 5.66. The lowest BCUT2D eigenvalue weighted by Crippen LogP contribution is -2.13. The molecule has 0 aromatic heterocycles. The first-order valence-electron chi connectivity index (χ1n) is 8.44. The minimum Gasteiger partial charge on any atom is -0.385 e. The molecule has 2 nitrogen and oxygen atoms in total. The van der Waals surface area contributed by atoms with Gasteiger partial charge in [-0.2, -0.15) is 0 Å². The number of ether oxygens (including phenoxy) is 1. The summed E-state index contributed by atoms with van der Waals surface area (Å²) in [6.07, 6.45) is -1.14. The Morgan fingerprint density at radius 3 is 1.68 bits per heavy atom. The summed E-state index contributed by atoms with van der Waals surface area (Å²) in [5.74, 6) is 0. The van der Waals surface area contributed by atoms with Gasteiger partial charge in [-0.05, 0) is 44.8 Å². The summed E-state index contributed by atoms with van der Waals surface area (Å²) in [7, 11) is 1.64. The summed E-state index contributed by atoms with van der Waals surface area (Å²) in [4.78, 5) is 0. The Balaban J connectivity index is 1.72. The zero-order valence-electron chi connectivity index (χ0n) is 14.1. The van der Waals surface area contributed by atoms with Gasteiger partial charge in [0.15, 0.2) is 0 Å². The molecule has 4 aromatic rings. The number of rotatable bonds is 4. The number of benzene rings is 4. The van der Waals surface area contributed by atoms with Crippen molar-refractivity contribution in [2.45, 2.75) is 12.2 Å².